The van der Waals surface area contributed by atoms with Gasteiger partial charge in [-0.15, -0.1) is 11.3 Å². The zero-order valence-corrected chi connectivity index (χ0v) is 14.0. The van der Waals surface area contributed by atoms with Crippen LogP contribution in [0.4, 0.5) is 5.13 Å². The summed E-state index contributed by atoms with van der Waals surface area (Å²) in [5.41, 5.74) is 0.841. The maximum Gasteiger partial charge on any atom is 0.348 e. The van der Waals surface area contributed by atoms with Crippen molar-refractivity contribution in [2.75, 3.05) is 18.0 Å². The molecule has 0 atom stereocenters. The number of carbonyl (C=O) groups excluding carboxylic acids is 1. The minimum atomic E-state index is -0.319. The van der Waals surface area contributed by atoms with Gasteiger partial charge in [-0.3, -0.25) is 0 Å². The molecule has 5 nitrogen and oxygen atoms in total. The highest BCUT2D eigenvalue weighted by atomic mass is 32.1. The molecule has 0 saturated heterocycles. The smallest absolute Gasteiger partial charge is 0.348 e. The Hall–Kier alpha value is -1.86. The quantitative estimate of drug-likeness (QED) is 0.633. The SMILES string of the molecule is CCN(CC)c1nc2sc(C(=O)OCc3ccoc3)cc2s1. The molecule has 0 radical (unpaired) electrons. The highest BCUT2D eigenvalue weighted by molar-refractivity contribution is 7.29. The first kappa shape index (κ1) is 15.1. The third kappa shape index (κ3) is 3.00. The van der Waals surface area contributed by atoms with Gasteiger partial charge >= 0.3 is 5.97 Å². The van der Waals surface area contributed by atoms with Gasteiger partial charge in [-0.2, -0.15) is 0 Å². The van der Waals surface area contributed by atoms with E-state index in [0.717, 1.165) is 33.3 Å². The molecule has 0 aliphatic heterocycles. The molecule has 0 fully saturated rings. The predicted octanol–water partition coefficient (Wildman–Crippen LogP) is 4.15. The minimum absolute atomic E-state index is 0.221. The number of fused-ring (bicyclic) bond motifs is 1. The Kier molecular flexibility index (Phi) is 4.44. The van der Waals surface area contributed by atoms with Crippen molar-refractivity contribution in [3.63, 3.8) is 0 Å². The molecule has 0 bridgehead atoms. The molecule has 0 unspecified atom stereocenters. The van der Waals surface area contributed by atoms with E-state index in [2.05, 4.69) is 23.7 Å². The van der Waals surface area contributed by atoms with Crippen LogP contribution in [0.1, 0.15) is 29.1 Å². The van der Waals surface area contributed by atoms with Crippen molar-refractivity contribution in [3.05, 3.63) is 35.1 Å². The van der Waals surface area contributed by atoms with E-state index in [4.69, 9.17) is 9.15 Å². The molecule has 22 heavy (non-hydrogen) atoms. The molecule has 0 aliphatic carbocycles. The van der Waals surface area contributed by atoms with Gasteiger partial charge < -0.3 is 14.1 Å². The number of nitrogens with zero attached hydrogens (tertiary/aromatic N) is 2. The summed E-state index contributed by atoms with van der Waals surface area (Å²) in [5, 5.41) is 1.00. The van der Waals surface area contributed by atoms with Crippen LogP contribution in [0.15, 0.2) is 29.1 Å². The molecule has 3 aromatic rings. The summed E-state index contributed by atoms with van der Waals surface area (Å²) in [7, 11) is 0. The number of rotatable bonds is 6. The van der Waals surface area contributed by atoms with Crippen molar-refractivity contribution in [1.82, 2.24) is 4.98 Å². The zero-order valence-electron chi connectivity index (χ0n) is 12.4. The molecule has 7 heteroatoms. The molecular formula is C15H16N2O3S2. The summed E-state index contributed by atoms with van der Waals surface area (Å²) in [6, 6.07) is 3.64. The van der Waals surface area contributed by atoms with Gasteiger partial charge in [-0.25, -0.2) is 9.78 Å². The third-order valence-electron chi connectivity index (χ3n) is 3.26. The Morgan fingerprint density at radius 1 is 1.36 bits per heavy atom. The molecule has 116 valence electrons. The fraction of sp³-hybridized carbons (Fsp3) is 0.333. The molecule has 0 aromatic carbocycles. The molecular weight excluding hydrogens is 320 g/mol. The first-order chi connectivity index (χ1) is 10.7. The van der Waals surface area contributed by atoms with Crippen molar-refractivity contribution >= 4 is 43.3 Å². The maximum absolute atomic E-state index is 12.1. The molecule has 0 aliphatic rings. The maximum atomic E-state index is 12.1. The summed E-state index contributed by atoms with van der Waals surface area (Å²) < 4.78 is 11.2. The summed E-state index contributed by atoms with van der Waals surface area (Å²) >= 11 is 2.99. The lowest BCUT2D eigenvalue weighted by Gasteiger charge is -2.16. The number of esters is 1. The van der Waals surface area contributed by atoms with Crippen LogP contribution in [0.2, 0.25) is 0 Å². The van der Waals surface area contributed by atoms with E-state index in [1.807, 2.05) is 6.07 Å². The summed E-state index contributed by atoms with van der Waals surface area (Å²) in [6.45, 7) is 6.29. The second-order valence-electron chi connectivity index (χ2n) is 4.66. The second-order valence-corrected chi connectivity index (χ2v) is 6.70. The van der Waals surface area contributed by atoms with E-state index in [0.29, 0.717) is 4.88 Å². The number of aromatic nitrogens is 1. The van der Waals surface area contributed by atoms with Gasteiger partial charge in [0.15, 0.2) is 5.13 Å². The van der Waals surface area contributed by atoms with Crippen LogP contribution in [0, 0.1) is 0 Å². The molecule has 3 heterocycles. The number of thiazole rings is 1. The van der Waals surface area contributed by atoms with Crippen LogP contribution in [-0.2, 0) is 11.3 Å². The lowest BCUT2D eigenvalue weighted by molar-refractivity contribution is 0.0478. The van der Waals surface area contributed by atoms with E-state index in [-0.39, 0.29) is 12.6 Å². The van der Waals surface area contributed by atoms with Gasteiger partial charge in [0.1, 0.15) is 16.3 Å². The second kappa shape index (κ2) is 6.50. The normalized spacial score (nSPS) is 11.0. The minimum Gasteiger partial charge on any atom is -0.472 e. The van der Waals surface area contributed by atoms with Crippen LogP contribution in [0.25, 0.3) is 9.53 Å². The van der Waals surface area contributed by atoms with Crippen molar-refractivity contribution in [2.45, 2.75) is 20.5 Å². The van der Waals surface area contributed by atoms with Gasteiger partial charge in [-0.1, -0.05) is 11.3 Å². The summed E-state index contributed by atoms with van der Waals surface area (Å²) in [6.07, 6.45) is 3.13. The predicted molar refractivity (Wildman–Crippen MR) is 88.9 cm³/mol. The lowest BCUT2D eigenvalue weighted by atomic mass is 10.4. The number of furan rings is 1. The Morgan fingerprint density at radius 2 is 2.18 bits per heavy atom. The van der Waals surface area contributed by atoms with Gasteiger partial charge in [0.25, 0.3) is 0 Å². The van der Waals surface area contributed by atoms with Gasteiger partial charge in [-0.05, 0) is 26.0 Å². The highest BCUT2D eigenvalue weighted by Gasteiger charge is 2.17. The van der Waals surface area contributed by atoms with Crippen LogP contribution >= 0.6 is 22.7 Å². The lowest BCUT2D eigenvalue weighted by Crippen LogP contribution is -2.21. The topological polar surface area (TPSA) is 55.6 Å². The highest BCUT2D eigenvalue weighted by Crippen LogP contribution is 2.34. The van der Waals surface area contributed by atoms with Crippen molar-refractivity contribution < 1.29 is 13.9 Å². The van der Waals surface area contributed by atoms with Gasteiger partial charge in [0.2, 0.25) is 0 Å². The summed E-state index contributed by atoms with van der Waals surface area (Å²) in [5.74, 6) is -0.319. The standard InChI is InChI=1S/C15H16N2O3S2/c1-3-17(4-2)15-16-13-11(22-15)7-12(21-13)14(18)20-9-10-5-6-19-8-10/h5-8H,3-4,9H2,1-2H3. The van der Waals surface area contributed by atoms with Crippen molar-refractivity contribution in [1.29, 1.82) is 0 Å². The summed E-state index contributed by atoms with van der Waals surface area (Å²) in [4.78, 5) is 20.4. The zero-order chi connectivity index (χ0) is 15.5. The number of thiophene rings is 1. The largest absolute Gasteiger partial charge is 0.472 e. The van der Waals surface area contributed by atoms with E-state index in [9.17, 15) is 4.79 Å². The first-order valence-electron chi connectivity index (χ1n) is 7.04. The fourth-order valence-electron chi connectivity index (χ4n) is 2.05. The van der Waals surface area contributed by atoms with Crippen LogP contribution in [0.3, 0.4) is 0 Å². The van der Waals surface area contributed by atoms with Crippen LogP contribution in [0.5, 0.6) is 0 Å². The van der Waals surface area contributed by atoms with Crippen LogP contribution < -0.4 is 4.90 Å². The first-order valence-corrected chi connectivity index (χ1v) is 8.68. The Bertz CT molecular complexity index is 726. The van der Waals surface area contributed by atoms with Crippen LogP contribution in [-0.4, -0.2) is 24.0 Å². The van der Waals surface area contributed by atoms with Crippen molar-refractivity contribution in [3.8, 4) is 0 Å². The molecule has 0 saturated carbocycles. The average molecular weight is 336 g/mol. The van der Waals surface area contributed by atoms with E-state index >= 15 is 0 Å². The number of carbonyl (C=O) groups is 1. The number of hydrogen-bond acceptors (Lipinski definition) is 7. The Labute approximate surface area is 136 Å². The number of ether oxygens (including phenoxy) is 1. The molecule has 0 spiro atoms. The Morgan fingerprint density at radius 3 is 2.82 bits per heavy atom. The molecule has 3 rings (SSSR count). The Balaban J connectivity index is 1.72. The molecule has 0 N–H and O–H groups in total. The molecule has 0 amide bonds. The fourth-order valence-corrected chi connectivity index (χ4v) is 4.28. The van der Waals surface area contributed by atoms with Gasteiger partial charge in [0, 0.05) is 18.7 Å². The number of hydrogen-bond donors (Lipinski definition) is 0. The van der Waals surface area contributed by atoms with E-state index < -0.39 is 0 Å². The third-order valence-corrected chi connectivity index (χ3v) is 5.46. The monoisotopic (exact) mass is 336 g/mol. The van der Waals surface area contributed by atoms with E-state index in [1.54, 1.807) is 29.9 Å². The average Bonchev–Trinajstić information content (AvgIpc) is 3.21. The van der Waals surface area contributed by atoms with Crippen molar-refractivity contribution in [2.24, 2.45) is 0 Å². The molecule has 3 aromatic heterocycles. The van der Waals surface area contributed by atoms with E-state index in [1.165, 1.54) is 11.3 Å². The number of anilines is 1. The van der Waals surface area contributed by atoms with Gasteiger partial charge in [0.05, 0.1) is 17.2 Å².